The zero-order chi connectivity index (χ0) is 12.3. The second-order valence-corrected chi connectivity index (χ2v) is 3.57. The number of nitrogens with zero attached hydrogens (tertiary/aromatic N) is 1. The number of aromatic amines is 1. The second-order valence-electron chi connectivity index (χ2n) is 3.38. The van der Waals surface area contributed by atoms with Gasteiger partial charge in [-0.25, -0.2) is 0 Å². The molecule has 0 spiro atoms. The summed E-state index contributed by atoms with van der Waals surface area (Å²) < 4.78 is 0. The molecule has 0 unspecified atom stereocenters. The number of carbonyl (C=O) groups excluding carboxylic acids is 1. The van der Waals surface area contributed by atoms with Crippen molar-refractivity contribution in [2.24, 2.45) is 4.99 Å². The van der Waals surface area contributed by atoms with Gasteiger partial charge in [-0.05, 0) is 12.1 Å². The monoisotopic (exact) mass is 286 g/mol. The fraction of sp³-hybridized carbons (Fsp3) is 0.0909. The van der Waals surface area contributed by atoms with Crippen molar-refractivity contribution in [2.45, 2.75) is 0 Å². The van der Waals surface area contributed by atoms with Crippen LogP contribution in [-0.4, -0.2) is 23.9 Å². The van der Waals surface area contributed by atoms with Gasteiger partial charge in [0.25, 0.3) is 5.91 Å². The number of benzene rings is 1. The van der Waals surface area contributed by atoms with E-state index in [1.165, 1.54) is 0 Å². The Morgan fingerprint density at radius 3 is 2.72 bits per heavy atom. The number of hydrogen-bond acceptors (Lipinski definition) is 1. The van der Waals surface area contributed by atoms with E-state index in [1.54, 1.807) is 13.1 Å². The van der Waals surface area contributed by atoms with Gasteiger partial charge in [0.1, 0.15) is 5.69 Å². The molecule has 2 aromatic rings. The maximum Gasteiger partial charge on any atom is 0.296 e. The maximum absolute atomic E-state index is 11.8. The third kappa shape index (κ3) is 2.94. The van der Waals surface area contributed by atoms with Crippen molar-refractivity contribution in [3.63, 3.8) is 0 Å². The number of nitrogens with one attached hydrogen (secondary N) is 3. The van der Waals surface area contributed by atoms with Crippen LogP contribution >= 0.6 is 24.2 Å². The third-order valence-electron chi connectivity index (χ3n) is 2.30. The minimum absolute atomic E-state index is 0. The molecule has 7 heteroatoms. The molecule has 96 valence electrons. The zero-order valence-electron chi connectivity index (χ0n) is 9.53. The molecular formula is C11H12Cl2N4O. The fourth-order valence-corrected chi connectivity index (χ4v) is 1.61. The number of amides is 1. The first kappa shape index (κ1) is 14.3. The number of halogens is 2. The Labute approximate surface area is 115 Å². The van der Waals surface area contributed by atoms with Crippen molar-refractivity contribution in [3.05, 3.63) is 36.0 Å². The van der Waals surface area contributed by atoms with Crippen molar-refractivity contribution in [1.82, 2.24) is 15.1 Å². The highest BCUT2D eigenvalue weighted by Crippen LogP contribution is 2.15. The number of guanidine groups is 1. The number of H-pyrrole nitrogens is 1. The van der Waals surface area contributed by atoms with Gasteiger partial charge < -0.3 is 10.3 Å². The maximum atomic E-state index is 11.8. The lowest BCUT2D eigenvalue weighted by Crippen LogP contribution is -2.29. The van der Waals surface area contributed by atoms with Crippen LogP contribution in [0.4, 0.5) is 0 Å². The van der Waals surface area contributed by atoms with Crippen LogP contribution in [0.3, 0.4) is 0 Å². The molecule has 0 saturated heterocycles. The summed E-state index contributed by atoms with van der Waals surface area (Å²) in [6.45, 7) is 0. The molecule has 0 saturated carbocycles. The Morgan fingerprint density at radius 1 is 1.39 bits per heavy atom. The van der Waals surface area contributed by atoms with Gasteiger partial charge in [0.2, 0.25) is 5.96 Å². The van der Waals surface area contributed by atoms with E-state index in [-0.39, 0.29) is 18.4 Å². The first-order chi connectivity index (χ1) is 8.24. The lowest BCUT2D eigenvalue weighted by atomic mass is 10.2. The van der Waals surface area contributed by atoms with Gasteiger partial charge >= 0.3 is 0 Å². The molecule has 5 nitrogen and oxygen atoms in total. The third-order valence-corrected chi connectivity index (χ3v) is 2.48. The van der Waals surface area contributed by atoms with Gasteiger partial charge in [-0.15, -0.1) is 12.4 Å². The summed E-state index contributed by atoms with van der Waals surface area (Å²) in [6.07, 6.45) is 0. The summed E-state index contributed by atoms with van der Waals surface area (Å²) in [5.74, 6) is -0.186. The molecule has 0 fully saturated rings. The van der Waals surface area contributed by atoms with E-state index in [2.05, 4.69) is 20.1 Å². The van der Waals surface area contributed by atoms with Crippen LogP contribution in [0, 0.1) is 0 Å². The quantitative estimate of drug-likeness (QED) is 0.427. The smallest absolute Gasteiger partial charge is 0.296 e. The van der Waals surface area contributed by atoms with Crippen LogP contribution in [0.15, 0.2) is 35.3 Å². The number of fused-ring (bicyclic) bond motifs is 1. The van der Waals surface area contributed by atoms with Crippen molar-refractivity contribution in [1.29, 1.82) is 0 Å². The Balaban J connectivity index is 0.00000162. The van der Waals surface area contributed by atoms with Gasteiger partial charge in [-0.2, -0.15) is 4.99 Å². The lowest BCUT2D eigenvalue weighted by Gasteiger charge is -1.99. The van der Waals surface area contributed by atoms with Crippen LogP contribution < -0.4 is 10.2 Å². The van der Waals surface area contributed by atoms with E-state index in [0.717, 1.165) is 10.9 Å². The summed E-state index contributed by atoms with van der Waals surface area (Å²) in [5.41, 5.74) is 1.32. The van der Waals surface area contributed by atoms with Crippen LogP contribution in [0.2, 0.25) is 0 Å². The van der Waals surface area contributed by atoms with E-state index < -0.39 is 5.91 Å². The highest BCUT2D eigenvalue weighted by Gasteiger charge is 2.09. The molecular weight excluding hydrogens is 275 g/mol. The van der Waals surface area contributed by atoms with E-state index in [0.29, 0.717) is 5.69 Å². The number of aromatic nitrogens is 1. The van der Waals surface area contributed by atoms with Crippen molar-refractivity contribution < 1.29 is 4.79 Å². The highest BCUT2D eigenvalue weighted by molar-refractivity contribution is 6.23. The van der Waals surface area contributed by atoms with E-state index in [9.17, 15) is 4.79 Å². The molecule has 18 heavy (non-hydrogen) atoms. The number of para-hydroxylation sites is 1. The average Bonchev–Trinajstić information content (AvgIpc) is 2.79. The normalized spacial score (nSPS) is 10.9. The summed E-state index contributed by atoms with van der Waals surface area (Å²) >= 11 is 5.37. The SMILES string of the molecule is CNC(=NC(=O)c1cc2ccccc2[nH]1)NCl.Cl. The van der Waals surface area contributed by atoms with Gasteiger partial charge in [-0.3, -0.25) is 9.63 Å². The minimum Gasteiger partial charge on any atom is -0.358 e. The Bertz CT molecular complexity index is 540. The van der Waals surface area contributed by atoms with Crippen LogP contribution in [0.25, 0.3) is 10.9 Å². The minimum atomic E-state index is -0.390. The van der Waals surface area contributed by atoms with Crippen molar-refractivity contribution in [2.75, 3.05) is 7.05 Å². The number of rotatable bonds is 1. The lowest BCUT2D eigenvalue weighted by molar-refractivity contribution is 0.0998. The molecule has 0 radical (unpaired) electrons. The van der Waals surface area contributed by atoms with Gasteiger partial charge in [0.15, 0.2) is 0 Å². The van der Waals surface area contributed by atoms with E-state index in [4.69, 9.17) is 11.8 Å². The van der Waals surface area contributed by atoms with Crippen LogP contribution in [0.1, 0.15) is 10.5 Å². The van der Waals surface area contributed by atoms with E-state index >= 15 is 0 Å². The molecule has 3 N–H and O–H groups in total. The molecule has 1 amide bonds. The molecule has 1 aromatic heterocycles. The van der Waals surface area contributed by atoms with Crippen molar-refractivity contribution in [3.8, 4) is 0 Å². The first-order valence-corrected chi connectivity index (χ1v) is 5.37. The predicted octanol–water partition coefficient (Wildman–Crippen LogP) is 2.05. The number of carbonyl (C=O) groups is 1. The molecule has 0 bridgehead atoms. The predicted molar refractivity (Wildman–Crippen MR) is 75.4 cm³/mol. The summed E-state index contributed by atoms with van der Waals surface area (Å²) in [7, 11) is 1.62. The molecule has 0 aliphatic carbocycles. The number of hydrogen-bond donors (Lipinski definition) is 3. The Kier molecular flexibility index (Phi) is 5.00. The Morgan fingerprint density at radius 2 is 2.11 bits per heavy atom. The van der Waals surface area contributed by atoms with Crippen LogP contribution in [0.5, 0.6) is 0 Å². The summed E-state index contributed by atoms with van der Waals surface area (Å²) in [5, 5.41) is 3.63. The van der Waals surface area contributed by atoms with Crippen LogP contribution in [-0.2, 0) is 0 Å². The standard InChI is InChI=1S/C11H11ClN4O.ClH/c1-13-11(16-12)15-10(17)9-6-7-4-2-3-5-8(7)14-9;/h2-6,14H,1H3,(H2,13,15,16,17);1H. The molecule has 0 atom stereocenters. The topological polar surface area (TPSA) is 69.3 Å². The largest absolute Gasteiger partial charge is 0.358 e. The van der Waals surface area contributed by atoms with E-state index in [1.807, 2.05) is 24.3 Å². The molecule has 0 aliphatic heterocycles. The second kappa shape index (κ2) is 6.28. The average molecular weight is 287 g/mol. The van der Waals surface area contributed by atoms with Gasteiger partial charge in [0.05, 0.1) is 0 Å². The first-order valence-electron chi connectivity index (χ1n) is 5.00. The number of aliphatic imine (C=N–C) groups is 1. The van der Waals surface area contributed by atoms with Gasteiger partial charge in [-0.1, -0.05) is 18.2 Å². The fourth-order valence-electron chi connectivity index (χ4n) is 1.47. The molecule has 1 heterocycles. The molecule has 0 aliphatic rings. The zero-order valence-corrected chi connectivity index (χ0v) is 11.1. The molecule has 1 aromatic carbocycles. The molecule has 2 rings (SSSR count). The highest BCUT2D eigenvalue weighted by atomic mass is 35.5. The summed E-state index contributed by atoms with van der Waals surface area (Å²) in [6, 6.07) is 9.38. The summed E-state index contributed by atoms with van der Waals surface area (Å²) in [4.78, 5) is 20.8. The van der Waals surface area contributed by atoms with Gasteiger partial charge in [0, 0.05) is 29.7 Å². The van der Waals surface area contributed by atoms with Crippen molar-refractivity contribution >= 4 is 47.0 Å². The Hall–Kier alpha value is -1.72.